The van der Waals surface area contributed by atoms with Gasteiger partial charge in [0, 0.05) is 23.5 Å². The predicted octanol–water partition coefficient (Wildman–Crippen LogP) is 2.32. The third-order valence-corrected chi connectivity index (χ3v) is 3.60. The number of anilines is 1. The van der Waals surface area contributed by atoms with Crippen molar-refractivity contribution in [3.63, 3.8) is 0 Å². The maximum absolute atomic E-state index is 12.8. The van der Waals surface area contributed by atoms with Crippen LogP contribution in [0.25, 0.3) is 0 Å². The van der Waals surface area contributed by atoms with Crippen molar-refractivity contribution in [2.24, 2.45) is 5.73 Å². The summed E-state index contributed by atoms with van der Waals surface area (Å²) in [6, 6.07) is 6.11. The number of alkyl halides is 3. The van der Waals surface area contributed by atoms with E-state index < -0.39 is 17.9 Å². The Morgan fingerprint density at radius 2 is 2.08 bits per heavy atom. The number of fused-ring (bicyclic) bond motifs is 1. The fraction of sp³-hybridized carbons (Fsp3) is 0.312. The molecular formula is C16H15F3N4O2. The molecule has 0 spiro atoms. The number of aryl methyl sites for hydroxylation is 1. The van der Waals surface area contributed by atoms with Crippen molar-refractivity contribution in [3.8, 4) is 5.75 Å². The van der Waals surface area contributed by atoms with Gasteiger partial charge in [-0.25, -0.2) is 9.97 Å². The maximum atomic E-state index is 12.8. The molecule has 1 atom stereocenters. The van der Waals surface area contributed by atoms with Crippen molar-refractivity contribution in [1.82, 2.24) is 9.97 Å². The first-order chi connectivity index (χ1) is 11.7. The van der Waals surface area contributed by atoms with E-state index in [2.05, 4.69) is 15.3 Å². The largest absolute Gasteiger partial charge is 0.492 e. The minimum atomic E-state index is -4.72. The fourth-order valence-electron chi connectivity index (χ4n) is 2.48. The zero-order valence-corrected chi connectivity index (χ0v) is 13.2. The summed E-state index contributed by atoms with van der Waals surface area (Å²) in [6.45, 7) is 1.73. The molecule has 0 fully saturated rings. The standard InChI is InChI=1S/C16H15F3N4O2/c1-8-4-12(23-15(21-8)16(17,18)19)14(24)22-11-3-2-9-5-10(20)7-25-13(9)6-11/h2-4,6,10H,5,7,20H2,1H3,(H,22,24). The highest BCUT2D eigenvalue weighted by Gasteiger charge is 2.35. The number of hydrogen-bond acceptors (Lipinski definition) is 5. The lowest BCUT2D eigenvalue weighted by molar-refractivity contribution is -0.145. The molecule has 1 aliphatic rings. The Bertz CT molecular complexity index is 824. The van der Waals surface area contributed by atoms with Crippen LogP contribution in [0.4, 0.5) is 18.9 Å². The number of nitrogens with two attached hydrogens (primary N) is 1. The Kier molecular flexibility index (Phi) is 4.34. The van der Waals surface area contributed by atoms with Gasteiger partial charge in [-0.1, -0.05) is 6.07 Å². The summed E-state index contributed by atoms with van der Waals surface area (Å²) in [7, 11) is 0. The average Bonchev–Trinajstić information content (AvgIpc) is 2.53. The molecule has 132 valence electrons. The van der Waals surface area contributed by atoms with E-state index in [1.807, 2.05) is 0 Å². The zero-order valence-electron chi connectivity index (χ0n) is 13.2. The van der Waals surface area contributed by atoms with Crippen molar-refractivity contribution in [3.05, 3.63) is 47.0 Å². The van der Waals surface area contributed by atoms with Gasteiger partial charge in [-0.3, -0.25) is 4.79 Å². The summed E-state index contributed by atoms with van der Waals surface area (Å²) in [5.74, 6) is -1.52. The number of halogens is 3. The topological polar surface area (TPSA) is 90.1 Å². The van der Waals surface area contributed by atoms with Gasteiger partial charge in [0.05, 0.1) is 0 Å². The average molecular weight is 352 g/mol. The second-order valence-corrected chi connectivity index (χ2v) is 5.77. The van der Waals surface area contributed by atoms with Crippen LogP contribution in [0, 0.1) is 6.92 Å². The lowest BCUT2D eigenvalue weighted by atomic mass is 10.0. The summed E-state index contributed by atoms with van der Waals surface area (Å²) in [4.78, 5) is 18.8. The van der Waals surface area contributed by atoms with Gasteiger partial charge in [-0.15, -0.1) is 0 Å². The van der Waals surface area contributed by atoms with Gasteiger partial charge < -0.3 is 15.8 Å². The molecule has 0 saturated carbocycles. The molecule has 6 nitrogen and oxygen atoms in total. The highest BCUT2D eigenvalue weighted by atomic mass is 19.4. The Labute approximate surface area is 141 Å². The summed E-state index contributed by atoms with van der Waals surface area (Å²) < 4.78 is 43.8. The second-order valence-electron chi connectivity index (χ2n) is 5.77. The molecule has 0 bridgehead atoms. The Morgan fingerprint density at radius 3 is 2.80 bits per heavy atom. The molecular weight excluding hydrogens is 337 g/mol. The molecule has 2 aromatic rings. The van der Waals surface area contributed by atoms with E-state index in [0.29, 0.717) is 24.5 Å². The second kappa shape index (κ2) is 6.32. The first-order valence-corrected chi connectivity index (χ1v) is 7.48. The summed E-state index contributed by atoms with van der Waals surface area (Å²) in [6.07, 6.45) is -4.07. The van der Waals surface area contributed by atoms with E-state index in [4.69, 9.17) is 10.5 Å². The predicted molar refractivity (Wildman–Crippen MR) is 83.3 cm³/mol. The van der Waals surface area contributed by atoms with Gasteiger partial charge in [-0.2, -0.15) is 13.2 Å². The van der Waals surface area contributed by atoms with Crippen LogP contribution in [-0.4, -0.2) is 28.5 Å². The van der Waals surface area contributed by atoms with Gasteiger partial charge in [0.1, 0.15) is 18.1 Å². The van der Waals surface area contributed by atoms with Crippen molar-refractivity contribution in [2.45, 2.75) is 25.6 Å². The number of aromatic nitrogens is 2. The van der Waals surface area contributed by atoms with Crippen molar-refractivity contribution >= 4 is 11.6 Å². The Morgan fingerprint density at radius 1 is 1.32 bits per heavy atom. The van der Waals surface area contributed by atoms with Gasteiger partial charge in [-0.05, 0) is 31.0 Å². The number of carbonyl (C=O) groups excluding carboxylic acids is 1. The molecule has 3 N–H and O–H groups in total. The van der Waals surface area contributed by atoms with Gasteiger partial charge in [0.25, 0.3) is 5.91 Å². The summed E-state index contributed by atoms with van der Waals surface area (Å²) in [5.41, 5.74) is 6.80. The van der Waals surface area contributed by atoms with E-state index in [-0.39, 0.29) is 17.4 Å². The molecule has 0 aliphatic carbocycles. The van der Waals surface area contributed by atoms with E-state index in [9.17, 15) is 18.0 Å². The molecule has 25 heavy (non-hydrogen) atoms. The minimum Gasteiger partial charge on any atom is -0.492 e. The van der Waals surface area contributed by atoms with Gasteiger partial charge in [0.15, 0.2) is 0 Å². The van der Waals surface area contributed by atoms with E-state index >= 15 is 0 Å². The molecule has 3 rings (SSSR count). The molecule has 0 saturated heterocycles. The lowest BCUT2D eigenvalue weighted by Gasteiger charge is -2.22. The summed E-state index contributed by atoms with van der Waals surface area (Å²) >= 11 is 0. The highest BCUT2D eigenvalue weighted by molar-refractivity contribution is 6.03. The maximum Gasteiger partial charge on any atom is 0.451 e. The quantitative estimate of drug-likeness (QED) is 0.866. The van der Waals surface area contributed by atoms with E-state index in [1.165, 1.54) is 13.0 Å². The third kappa shape index (κ3) is 3.87. The molecule has 1 aromatic heterocycles. The number of ether oxygens (including phenoxy) is 1. The normalized spacial score (nSPS) is 16.8. The van der Waals surface area contributed by atoms with Crippen LogP contribution in [0.3, 0.4) is 0 Å². The van der Waals surface area contributed by atoms with Crippen molar-refractivity contribution in [2.75, 3.05) is 11.9 Å². The van der Waals surface area contributed by atoms with Gasteiger partial charge in [0.2, 0.25) is 5.82 Å². The number of hydrogen-bond donors (Lipinski definition) is 2. The molecule has 1 aliphatic heterocycles. The molecule has 0 radical (unpaired) electrons. The SMILES string of the molecule is Cc1cc(C(=O)Nc2ccc3c(c2)OCC(N)C3)nc(C(F)(F)F)n1. The van der Waals surface area contributed by atoms with Crippen LogP contribution >= 0.6 is 0 Å². The van der Waals surface area contributed by atoms with Crippen LogP contribution in [0.1, 0.15) is 27.6 Å². The molecule has 1 aromatic carbocycles. The Balaban J connectivity index is 1.82. The number of rotatable bonds is 2. The van der Waals surface area contributed by atoms with E-state index in [0.717, 1.165) is 5.56 Å². The van der Waals surface area contributed by atoms with E-state index in [1.54, 1.807) is 18.2 Å². The minimum absolute atomic E-state index is 0.0511. The number of carbonyl (C=O) groups is 1. The first-order valence-electron chi connectivity index (χ1n) is 7.48. The fourth-order valence-corrected chi connectivity index (χ4v) is 2.48. The van der Waals surface area contributed by atoms with Gasteiger partial charge >= 0.3 is 6.18 Å². The van der Waals surface area contributed by atoms with Crippen LogP contribution < -0.4 is 15.8 Å². The molecule has 1 unspecified atom stereocenters. The summed E-state index contributed by atoms with van der Waals surface area (Å²) in [5, 5.41) is 2.52. The van der Waals surface area contributed by atoms with Crippen LogP contribution in [0.5, 0.6) is 5.75 Å². The number of benzene rings is 1. The van der Waals surface area contributed by atoms with Crippen LogP contribution in [0.2, 0.25) is 0 Å². The monoisotopic (exact) mass is 352 g/mol. The zero-order chi connectivity index (χ0) is 18.2. The molecule has 9 heteroatoms. The van der Waals surface area contributed by atoms with Crippen molar-refractivity contribution in [1.29, 1.82) is 0 Å². The number of amides is 1. The number of nitrogens with one attached hydrogen (secondary N) is 1. The Hall–Kier alpha value is -2.68. The first kappa shape index (κ1) is 17.2. The van der Waals surface area contributed by atoms with Crippen LogP contribution in [0.15, 0.2) is 24.3 Å². The lowest BCUT2D eigenvalue weighted by Crippen LogP contribution is -2.33. The molecule has 1 amide bonds. The molecule has 2 heterocycles. The number of nitrogens with zero attached hydrogens (tertiary/aromatic N) is 2. The third-order valence-electron chi connectivity index (χ3n) is 3.60. The highest BCUT2D eigenvalue weighted by Crippen LogP contribution is 2.29. The van der Waals surface area contributed by atoms with Crippen LogP contribution in [-0.2, 0) is 12.6 Å². The smallest absolute Gasteiger partial charge is 0.451 e. The van der Waals surface area contributed by atoms with Crippen molar-refractivity contribution < 1.29 is 22.7 Å².